The molecule has 0 saturated carbocycles. The monoisotopic (exact) mass is 362 g/mol. The van der Waals surface area contributed by atoms with Gasteiger partial charge in [-0.1, -0.05) is 11.6 Å². The van der Waals surface area contributed by atoms with Crippen LogP contribution < -0.4 is 5.09 Å². The third-order valence-electron chi connectivity index (χ3n) is 1.38. The van der Waals surface area contributed by atoms with Gasteiger partial charge in [0.1, 0.15) is 11.0 Å². The fraction of sp³-hybridized carbons (Fsp3) is 0.167. The van der Waals surface area contributed by atoms with Gasteiger partial charge < -0.3 is 10.5 Å². The molecule has 0 saturated heterocycles. The average molecular weight is 363 g/mol. The summed E-state index contributed by atoms with van der Waals surface area (Å²) < 4.78 is 0. The summed E-state index contributed by atoms with van der Waals surface area (Å²) >= 11 is 13.6. The smallest absolute Gasteiger partial charge is 0.225 e. The van der Waals surface area contributed by atoms with E-state index in [0.717, 1.165) is 0 Å². The Bertz CT molecular complexity index is 373. The largest absolute Gasteiger partial charge is 0.342 e. The van der Waals surface area contributed by atoms with E-state index in [0.29, 0.717) is 23.5 Å². The maximum absolute atomic E-state index is 7.52. The Morgan fingerprint density at radius 1 is 1.50 bits per heavy atom. The van der Waals surface area contributed by atoms with Crippen molar-refractivity contribution >= 4 is 63.1 Å². The molecule has 0 bridgehead atoms. The molecule has 0 aromatic carbocycles. The minimum atomic E-state index is 0.0807. The SMILES string of the molecule is CC(=N)c1c(Cl)nc(Cl)nc1NPI. The van der Waals surface area contributed by atoms with Crippen molar-refractivity contribution in [2.24, 2.45) is 0 Å². The van der Waals surface area contributed by atoms with Gasteiger partial charge >= 0.3 is 0 Å². The molecule has 0 aliphatic rings. The molecular formula is C6H6Cl2IN4P. The van der Waals surface area contributed by atoms with Crippen LogP contribution in [-0.4, -0.2) is 15.7 Å². The van der Waals surface area contributed by atoms with Crippen molar-refractivity contribution in [2.75, 3.05) is 5.09 Å². The zero-order valence-corrected chi connectivity index (χ0v) is 11.7. The molecule has 2 N–H and O–H groups in total. The first-order valence-electron chi connectivity index (χ1n) is 3.46. The standard InChI is InChI=1S/C6H6Cl2IN4P/c1-2(10)3-4(7)11-6(8)12-5(3)13-14-9/h10,14H,1H3,(H,11,12,13). The highest BCUT2D eigenvalue weighted by Gasteiger charge is 2.13. The Morgan fingerprint density at radius 2 is 2.14 bits per heavy atom. The molecule has 1 unspecified atom stereocenters. The highest BCUT2D eigenvalue weighted by Crippen LogP contribution is 2.29. The Kier molecular flexibility index (Phi) is 4.76. The van der Waals surface area contributed by atoms with Gasteiger partial charge in [-0.05, 0) is 40.6 Å². The van der Waals surface area contributed by atoms with Gasteiger partial charge in [0.25, 0.3) is 0 Å². The molecule has 0 aliphatic carbocycles. The lowest BCUT2D eigenvalue weighted by Gasteiger charge is -2.08. The fourth-order valence-corrected chi connectivity index (χ4v) is 2.44. The molecular weight excluding hydrogens is 357 g/mol. The predicted octanol–water partition coefficient (Wildman–Crippen LogP) is 3.53. The zero-order valence-electron chi connectivity index (χ0n) is 7.03. The molecule has 4 nitrogen and oxygen atoms in total. The summed E-state index contributed by atoms with van der Waals surface area (Å²) in [6, 6.07) is 0. The third kappa shape index (κ3) is 2.89. The van der Waals surface area contributed by atoms with Crippen molar-refractivity contribution in [2.45, 2.75) is 6.92 Å². The maximum Gasteiger partial charge on any atom is 0.225 e. The summed E-state index contributed by atoms with van der Waals surface area (Å²) in [5, 5.41) is 10.8. The van der Waals surface area contributed by atoms with Crippen molar-refractivity contribution in [3.05, 3.63) is 16.0 Å². The molecule has 76 valence electrons. The van der Waals surface area contributed by atoms with Gasteiger partial charge in [-0.25, -0.2) is 4.98 Å². The van der Waals surface area contributed by atoms with Gasteiger partial charge in [-0.3, -0.25) is 0 Å². The highest BCUT2D eigenvalue weighted by atomic mass is 127. The van der Waals surface area contributed by atoms with Gasteiger partial charge in [0.05, 0.1) is 5.56 Å². The highest BCUT2D eigenvalue weighted by molar-refractivity contribution is 14.2. The van der Waals surface area contributed by atoms with E-state index < -0.39 is 0 Å². The minimum absolute atomic E-state index is 0.0807. The molecule has 0 amide bonds. The quantitative estimate of drug-likeness (QED) is 0.284. The Morgan fingerprint density at radius 3 is 2.64 bits per heavy atom. The number of hydrogen-bond acceptors (Lipinski definition) is 4. The molecule has 0 fully saturated rings. The van der Waals surface area contributed by atoms with Gasteiger partial charge in [0.2, 0.25) is 5.28 Å². The summed E-state index contributed by atoms with van der Waals surface area (Å²) in [5.74, 6) is 0.509. The van der Waals surface area contributed by atoms with Crippen LogP contribution >= 0.6 is 51.6 Å². The van der Waals surface area contributed by atoms with E-state index in [1.807, 2.05) is 0 Å². The average Bonchev–Trinajstić information content (AvgIpc) is 2.01. The lowest BCUT2D eigenvalue weighted by molar-refractivity contribution is 1.16. The normalized spacial score (nSPS) is 10.9. The Balaban J connectivity index is 3.28. The second kappa shape index (κ2) is 5.39. The van der Waals surface area contributed by atoms with E-state index in [9.17, 15) is 0 Å². The van der Waals surface area contributed by atoms with Crippen molar-refractivity contribution in [3.63, 3.8) is 0 Å². The first-order valence-corrected chi connectivity index (χ1v) is 8.33. The lowest BCUT2D eigenvalue weighted by Crippen LogP contribution is -2.03. The molecule has 14 heavy (non-hydrogen) atoms. The summed E-state index contributed by atoms with van der Waals surface area (Å²) in [6.45, 7) is 1.62. The topological polar surface area (TPSA) is 61.7 Å². The molecule has 1 aromatic rings. The van der Waals surface area contributed by atoms with E-state index in [4.69, 9.17) is 28.6 Å². The number of hydrogen-bond donors (Lipinski definition) is 2. The lowest BCUT2D eigenvalue weighted by atomic mass is 10.2. The van der Waals surface area contributed by atoms with Gasteiger partial charge in [0.15, 0.2) is 0 Å². The summed E-state index contributed by atoms with van der Waals surface area (Å²) in [6.07, 6.45) is 0.433. The van der Waals surface area contributed by atoms with Crippen LogP contribution in [0.3, 0.4) is 0 Å². The minimum Gasteiger partial charge on any atom is -0.342 e. The van der Waals surface area contributed by atoms with Crippen LogP contribution in [-0.2, 0) is 0 Å². The van der Waals surface area contributed by atoms with Crippen LogP contribution in [0.15, 0.2) is 0 Å². The van der Waals surface area contributed by atoms with Crippen LogP contribution in [0.2, 0.25) is 10.4 Å². The molecule has 1 rings (SSSR count). The zero-order chi connectivity index (χ0) is 10.7. The number of nitrogens with zero attached hydrogens (tertiary/aromatic N) is 2. The summed E-state index contributed by atoms with van der Waals surface area (Å²) in [7, 11) is 0. The van der Waals surface area contributed by atoms with Crippen LogP contribution in [0.1, 0.15) is 12.5 Å². The van der Waals surface area contributed by atoms with E-state index in [1.54, 1.807) is 6.92 Å². The Labute approximate surface area is 106 Å². The number of rotatable bonds is 3. The van der Waals surface area contributed by atoms with Gasteiger partial charge in [0, 0.05) is 12.1 Å². The number of aromatic nitrogens is 2. The molecule has 8 heteroatoms. The second-order valence-corrected chi connectivity index (χ2v) is 5.10. The van der Waals surface area contributed by atoms with Crippen molar-refractivity contribution in [3.8, 4) is 0 Å². The van der Waals surface area contributed by atoms with E-state index in [-0.39, 0.29) is 10.4 Å². The van der Waals surface area contributed by atoms with Gasteiger partial charge in [-0.2, -0.15) is 4.98 Å². The van der Waals surface area contributed by atoms with Gasteiger partial charge in [-0.15, -0.1) is 0 Å². The summed E-state index contributed by atoms with van der Waals surface area (Å²) in [5.41, 5.74) is 0.809. The van der Waals surface area contributed by atoms with Crippen molar-refractivity contribution in [1.82, 2.24) is 9.97 Å². The van der Waals surface area contributed by atoms with E-state index >= 15 is 0 Å². The number of halogens is 3. The number of nitrogens with one attached hydrogen (secondary N) is 2. The second-order valence-electron chi connectivity index (χ2n) is 2.35. The predicted molar refractivity (Wildman–Crippen MR) is 70.5 cm³/mol. The van der Waals surface area contributed by atoms with E-state index in [1.165, 1.54) is 0 Å². The van der Waals surface area contributed by atoms with Crippen LogP contribution in [0.4, 0.5) is 5.82 Å². The molecule has 0 spiro atoms. The van der Waals surface area contributed by atoms with Crippen molar-refractivity contribution < 1.29 is 0 Å². The maximum atomic E-state index is 7.52. The third-order valence-corrected chi connectivity index (χ3v) is 2.96. The van der Waals surface area contributed by atoms with Crippen molar-refractivity contribution in [1.29, 1.82) is 5.41 Å². The van der Waals surface area contributed by atoms with Crippen LogP contribution in [0, 0.1) is 5.41 Å². The first-order chi connectivity index (χ1) is 6.56. The molecule has 1 atom stereocenters. The summed E-state index contributed by atoms with van der Waals surface area (Å²) in [4.78, 5) is 7.74. The molecule has 1 heterocycles. The fourth-order valence-electron chi connectivity index (χ4n) is 0.875. The number of anilines is 1. The first kappa shape index (κ1) is 12.4. The molecule has 0 aliphatic heterocycles. The Hall–Kier alpha value is 0.290. The van der Waals surface area contributed by atoms with Crippen LogP contribution in [0.5, 0.6) is 0 Å². The van der Waals surface area contributed by atoms with E-state index in [2.05, 4.69) is 37.1 Å². The van der Waals surface area contributed by atoms with Crippen LogP contribution in [0.25, 0.3) is 0 Å². The molecule has 0 radical (unpaired) electrons. The molecule has 1 aromatic heterocycles.